The molecule has 6 heteroatoms. The van der Waals surface area contributed by atoms with E-state index < -0.39 is 0 Å². The van der Waals surface area contributed by atoms with Gasteiger partial charge in [0.1, 0.15) is 0 Å². The lowest BCUT2D eigenvalue weighted by Gasteiger charge is -2.14. The molecule has 0 N–H and O–H groups in total. The summed E-state index contributed by atoms with van der Waals surface area (Å²) in [5, 5.41) is 4.01. The third kappa shape index (κ3) is 3.57. The first-order chi connectivity index (χ1) is 14.7. The molecule has 30 heavy (non-hydrogen) atoms. The molecule has 5 nitrogen and oxygen atoms in total. The van der Waals surface area contributed by atoms with Crippen molar-refractivity contribution in [1.29, 1.82) is 0 Å². The largest absolute Gasteiger partial charge is 0.493 e. The van der Waals surface area contributed by atoms with Crippen LogP contribution in [-0.4, -0.2) is 31.7 Å². The molecule has 0 aliphatic rings. The van der Waals surface area contributed by atoms with Gasteiger partial charge >= 0.3 is 0 Å². The van der Waals surface area contributed by atoms with Gasteiger partial charge < -0.3 is 18.8 Å². The van der Waals surface area contributed by atoms with Crippen molar-refractivity contribution in [3.63, 3.8) is 0 Å². The molecule has 2 heterocycles. The number of benzene rings is 2. The zero-order valence-electron chi connectivity index (χ0n) is 16.9. The average molecular weight is 420 g/mol. The van der Waals surface area contributed by atoms with E-state index in [4.69, 9.17) is 14.2 Å². The van der Waals surface area contributed by atoms with Crippen LogP contribution in [0, 0.1) is 0 Å². The summed E-state index contributed by atoms with van der Waals surface area (Å²) in [7, 11) is 4.61. The summed E-state index contributed by atoms with van der Waals surface area (Å²) in [6.07, 6.45) is 1.99. The number of nitrogens with zero attached hydrogens (tertiary/aromatic N) is 1. The lowest BCUT2D eigenvalue weighted by Crippen LogP contribution is -2.09. The first-order valence-electron chi connectivity index (χ1n) is 9.31. The highest BCUT2D eigenvalue weighted by Gasteiger charge is 2.22. The zero-order valence-corrected chi connectivity index (χ0v) is 17.7. The Hall–Kier alpha value is -3.51. The molecule has 0 aliphatic carbocycles. The van der Waals surface area contributed by atoms with Crippen LogP contribution in [0.5, 0.6) is 17.2 Å². The van der Waals surface area contributed by atoms with Crippen LogP contribution < -0.4 is 14.2 Å². The van der Waals surface area contributed by atoms with Crippen molar-refractivity contribution in [2.24, 2.45) is 0 Å². The Bertz CT molecular complexity index is 1140. The Balaban J connectivity index is 1.86. The predicted molar refractivity (Wildman–Crippen MR) is 119 cm³/mol. The quantitative estimate of drug-likeness (QED) is 0.373. The maximum Gasteiger partial charge on any atom is 0.210 e. The van der Waals surface area contributed by atoms with Crippen LogP contribution in [0.15, 0.2) is 71.6 Å². The lowest BCUT2D eigenvalue weighted by atomic mass is 10.0. The minimum absolute atomic E-state index is 0.136. The first-order valence-corrected chi connectivity index (χ1v) is 10.3. The molecule has 0 atom stereocenters. The maximum absolute atomic E-state index is 13.6. The van der Waals surface area contributed by atoms with E-state index in [1.54, 1.807) is 23.5 Å². The number of ketones is 1. The van der Waals surface area contributed by atoms with Gasteiger partial charge in [-0.15, -0.1) is 0 Å². The summed E-state index contributed by atoms with van der Waals surface area (Å²) in [6, 6.07) is 17.3. The highest BCUT2D eigenvalue weighted by atomic mass is 32.1. The second-order valence-corrected chi connectivity index (χ2v) is 7.35. The van der Waals surface area contributed by atoms with Crippen LogP contribution in [0.4, 0.5) is 0 Å². The molecule has 2 aromatic carbocycles. The molecule has 4 rings (SSSR count). The van der Waals surface area contributed by atoms with Gasteiger partial charge in [0.05, 0.1) is 32.7 Å². The fourth-order valence-electron chi connectivity index (χ4n) is 3.39. The number of methoxy groups -OCH3 is 3. The highest BCUT2D eigenvalue weighted by Crippen LogP contribution is 2.39. The molecule has 0 radical (unpaired) electrons. The van der Waals surface area contributed by atoms with Crippen LogP contribution in [0.25, 0.3) is 16.8 Å². The molecular weight excluding hydrogens is 398 g/mol. The van der Waals surface area contributed by atoms with E-state index in [0.29, 0.717) is 28.5 Å². The minimum Gasteiger partial charge on any atom is -0.493 e. The number of ether oxygens (including phenoxy) is 3. The standard InChI is InChI=1S/C24H21NO4S/c1-27-21-12-17(13-22(28-2)24(21)29-3)23(26)20-11-18(16-7-5-4-6-8-16)14-25(20)19-9-10-30-15-19/h4-15H,1-3H3. The van der Waals surface area contributed by atoms with Crippen LogP contribution >= 0.6 is 11.3 Å². The first kappa shape index (κ1) is 19.8. The molecule has 0 bridgehead atoms. The molecule has 0 spiro atoms. The van der Waals surface area contributed by atoms with Gasteiger partial charge in [-0.1, -0.05) is 30.3 Å². The van der Waals surface area contributed by atoms with Crippen molar-refractivity contribution in [3.8, 4) is 34.1 Å². The lowest BCUT2D eigenvalue weighted by molar-refractivity contribution is 0.103. The Morgan fingerprint density at radius 1 is 0.867 bits per heavy atom. The van der Waals surface area contributed by atoms with Crippen molar-refractivity contribution in [2.45, 2.75) is 0 Å². The van der Waals surface area contributed by atoms with E-state index >= 15 is 0 Å². The molecular formula is C24H21NO4S. The summed E-state index contributed by atoms with van der Waals surface area (Å²) in [5.41, 5.74) is 3.97. The third-order valence-corrected chi connectivity index (χ3v) is 5.54. The van der Waals surface area contributed by atoms with E-state index in [2.05, 4.69) is 0 Å². The maximum atomic E-state index is 13.6. The van der Waals surface area contributed by atoms with Gasteiger partial charge in [0.15, 0.2) is 11.5 Å². The van der Waals surface area contributed by atoms with E-state index in [0.717, 1.165) is 16.8 Å². The summed E-state index contributed by atoms with van der Waals surface area (Å²) >= 11 is 1.58. The number of hydrogen-bond acceptors (Lipinski definition) is 5. The number of rotatable bonds is 7. The second kappa shape index (κ2) is 8.47. The SMILES string of the molecule is COc1cc(C(=O)c2cc(-c3ccccc3)cn2-c2ccsc2)cc(OC)c1OC. The van der Waals surface area contributed by atoms with Crippen molar-refractivity contribution in [2.75, 3.05) is 21.3 Å². The van der Waals surface area contributed by atoms with Crippen molar-refractivity contribution >= 4 is 17.1 Å². The van der Waals surface area contributed by atoms with Crippen molar-refractivity contribution < 1.29 is 19.0 Å². The van der Waals surface area contributed by atoms with Gasteiger partial charge in [0, 0.05) is 22.7 Å². The molecule has 0 unspecified atom stereocenters. The summed E-state index contributed by atoms with van der Waals surface area (Å²) in [6.45, 7) is 0. The molecule has 2 aromatic heterocycles. The van der Waals surface area contributed by atoms with Gasteiger partial charge in [-0.05, 0) is 35.2 Å². The van der Waals surface area contributed by atoms with Gasteiger partial charge in [0.25, 0.3) is 0 Å². The van der Waals surface area contributed by atoms with E-state index in [1.165, 1.54) is 21.3 Å². The Morgan fingerprint density at radius 3 is 2.13 bits per heavy atom. The molecule has 4 aromatic rings. The Kier molecular flexibility index (Phi) is 5.59. The van der Waals surface area contributed by atoms with Gasteiger partial charge in [-0.25, -0.2) is 0 Å². The number of aromatic nitrogens is 1. The normalized spacial score (nSPS) is 10.6. The number of carbonyl (C=O) groups excluding carboxylic acids is 1. The molecule has 0 saturated carbocycles. The Labute approximate surface area is 179 Å². The summed E-state index contributed by atoms with van der Waals surface area (Å²) in [4.78, 5) is 13.6. The van der Waals surface area contributed by atoms with Crippen LogP contribution in [0.1, 0.15) is 16.1 Å². The summed E-state index contributed by atoms with van der Waals surface area (Å²) in [5.74, 6) is 1.20. The molecule has 0 amide bonds. The van der Waals surface area contributed by atoms with E-state index in [9.17, 15) is 4.79 Å². The van der Waals surface area contributed by atoms with Crippen LogP contribution in [-0.2, 0) is 0 Å². The predicted octanol–water partition coefficient (Wildman–Crippen LogP) is 5.46. The smallest absolute Gasteiger partial charge is 0.210 e. The van der Waals surface area contributed by atoms with Crippen molar-refractivity contribution in [3.05, 3.63) is 82.8 Å². The molecule has 0 saturated heterocycles. The fraction of sp³-hybridized carbons (Fsp3) is 0.125. The van der Waals surface area contributed by atoms with E-state index in [-0.39, 0.29) is 5.78 Å². The topological polar surface area (TPSA) is 49.7 Å². The van der Waals surface area contributed by atoms with Crippen LogP contribution in [0.3, 0.4) is 0 Å². The third-order valence-electron chi connectivity index (χ3n) is 4.87. The second-order valence-electron chi connectivity index (χ2n) is 6.57. The number of thiophene rings is 1. The number of carbonyl (C=O) groups is 1. The molecule has 0 aliphatic heterocycles. The monoisotopic (exact) mass is 419 g/mol. The fourth-order valence-corrected chi connectivity index (χ4v) is 4.02. The zero-order chi connectivity index (χ0) is 21.1. The molecule has 0 fully saturated rings. The Morgan fingerprint density at radius 2 is 1.57 bits per heavy atom. The van der Waals surface area contributed by atoms with Gasteiger partial charge in [-0.2, -0.15) is 11.3 Å². The minimum atomic E-state index is -0.136. The van der Waals surface area contributed by atoms with Gasteiger partial charge in [0.2, 0.25) is 11.5 Å². The molecule has 152 valence electrons. The van der Waals surface area contributed by atoms with E-state index in [1.807, 2.05) is 64.0 Å². The summed E-state index contributed by atoms with van der Waals surface area (Å²) < 4.78 is 18.1. The highest BCUT2D eigenvalue weighted by molar-refractivity contribution is 7.08. The number of hydrogen-bond donors (Lipinski definition) is 0. The average Bonchev–Trinajstić information content (AvgIpc) is 3.48. The van der Waals surface area contributed by atoms with Gasteiger partial charge in [-0.3, -0.25) is 4.79 Å². The van der Waals surface area contributed by atoms with Crippen molar-refractivity contribution in [1.82, 2.24) is 4.57 Å². The van der Waals surface area contributed by atoms with Crippen LogP contribution in [0.2, 0.25) is 0 Å².